The van der Waals surface area contributed by atoms with E-state index >= 15 is 0 Å². The van der Waals surface area contributed by atoms with Crippen LogP contribution in [-0.4, -0.2) is 66.1 Å². The van der Waals surface area contributed by atoms with Gasteiger partial charge in [-0.15, -0.1) is 0 Å². The van der Waals surface area contributed by atoms with Gasteiger partial charge in [0, 0.05) is 39.3 Å². The lowest BCUT2D eigenvalue weighted by Crippen LogP contribution is -2.45. The number of benzene rings is 1. The summed E-state index contributed by atoms with van der Waals surface area (Å²) in [5, 5.41) is 3.31. The van der Waals surface area contributed by atoms with Gasteiger partial charge in [0.15, 0.2) is 11.6 Å². The molecule has 1 aliphatic rings. The molecule has 0 aliphatic carbocycles. The molecule has 3 N–H and O–H groups in total. The molecule has 0 bridgehead atoms. The predicted octanol–water partition coefficient (Wildman–Crippen LogP) is 0.871. The first-order chi connectivity index (χ1) is 10.2. The molecule has 6 nitrogen and oxygen atoms in total. The maximum absolute atomic E-state index is 5.97. The number of hydrogen-bond donors (Lipinski definition) is 2. The summed E-state index contributed by atoms with van der Waals surface area (Å²) in [6.07, 6.45) is 0. The van der Waals surface area contributed by atoms with Crippen LogP contribution in [0.25, 0.3) is 11.0 Å². The summed E-state index contributed by atoms with van der Waals surface area (Å²) in [6.45, 7) is 6.35. The number of likely N-dealkylation sites (N-methyl/N-ethyl adjacent to an activating group) is 1. The van der Waals surface area contributed by atoms with Crippen LogP contribution in [0.3, 0.4) is 0 Å². The highest BCUT2D eigenvalue weighted by molar-refractivity contribution is 5.79. The van der Waals surface area contributed by atoms with Gasteiger partial charge in [-0.1, -0.05) is 12.1 Å². The average Bonchev–Trinajstić information content (AvgIpc) is 2.50. The van der Waals surface area contributed by atoms with E-state index in [1.165, 1.54) is 0 Å². The zero-order valence-electron chi connectivity index (χ0n) is 12.4. The van der Waals surface area contributed by atoms with Gasteiger partial charge in [0.05, 0.1) is 11.0 Å². The van der Waals surface area contributed by atoms with Crippen LogP contribution < -0.4 is 11.1 Å². The number of para-hydroxylation sites is 2. The van der Waals surface area contributed by atoms with E-state index in [9.17, 15) is 0 Å². The SMILES string of the molecule is CN1CCN(CCNc2nc3ccccc3nc2N)CC1. The topological polar surface area (TPSA) is 70.3 Å². The molecule has 2 heterocycles. The van der Waals surface area contributed by atoms with Crippen molar-refractivity contribution in [3.8, 4) is 0 Å². The summed E-state index contributed by atoms with van der Waals surface area (Å²) in [6, 6.07) is 7.78. The number of rotatable bonds is 4. The van der Waals surface area contributed by atoms with Crippen molar-refractivity contribution >= 4 is 22.7 Å². The summed E-state index contributed by atoms with van der Waals surface area (Å²) in [5.41, 5.74) is 7.67. The van der Waals surface area contributed by atoms with Gasteiger partial charge in [-0.3, -0.25) is 4.90 Å². The summed E-state index contributed by atoms with van der Waals surface area (Å²) < 4.78 is 0. The number of piperazine rings is 1. The molecule has 0 atom stereocenters. The molecule has 6 heteroatoms. The molecule has 112 valence electrons. The van der Waals surface area contributed by atoms with Crippen molar-refractivity contribution in [3.05, 3.63) is 24.3 Å². The number of nitrogen functional groups attached to an aromatic ring is 1. The molecule has 0 saturated carbocycles. The predicted molar refractivity (Wildman–Crippen MR) is 86.4 cm³/mol. The lowest BCUT2D eigenvalue weighted by Gasteiger charge is -2.32. The Hall–Kier alpha value is -1.92. The Morgan fingerprint density at radius 1 is 1.10 bits per heavy atom. The molecule has 0 spiro atoms. The maximum Gasteiger partial charge on any atom is 0.169 e. The highest BCUT2D eigenvalue weighted by atomic mass is 15.3. The van der Waals surface area contributed by atoms with Crippen LogP contribution in [0.2, 0.25) is 0 Å². The Labute approximate surface area is 125 Å². The average molecular weight is 286 g/mol. The Kier molecular flexibility index (Phi) is 4.17. The van der Waals surface area contributed by atoms with E-state index in [2.05, 4.69) is 32.1 Å². The van der Waals surface area contributed by atoms with Gasteiger partial charge >= 0.3 is 0 Å². The zero-order chi connectivity index (χ0) is 14.7. The van der Waals surface area contributed by atoms with Crippen molar-refractivity contribution in [2.75, 3.05) is 57.4 Å². The van der Waals surface area contributed by atoms with Gasteiger partial charge in [-0.25, -0.2) is 9.97 Å². The minimum absolute atomic E-state index is 0.465. The van der Waals surface area contributed by atoms with Gasteiger partial charge in [0.2, 0.25) is 0 Å². The van der Waals surface area contributed by atoms with E-state index in [1.54, 1.807) is 0 Å². The molecule has 1 saturated heterocycles. The quantitative estimate of drug-likeness (QED) is 0.869. The van der Waals surface area contributed by atoms with E-state index < -0.39 is 0 Å². The van der Waals surface area contributed by atoms with Crippen LogP contribution in [-0.2, 0) is 0 Å². The molecule has 1 aromatic heterocycles. The monoisotopic (exact) mass is 286 g/mol. The second kappa shape index (κ2) is 6.24. The van der Waals surface area contributed by atoms with Crippen molar-refractivity contribution in [1.82, 2.24) is 19.8 Å². The second-order valence-electron chi connectivity index (χ2n) is 5.52. The van der Waals surface area contributed by atoms with Gasteiger partial charge in [0.25, 0.3) is 0 Å². The Bertz CT molecular complexity index is 606. The molecule has 2 aromatic rings. The molecule has 3 rings (SSSR count). The number of anilines is 2. The third-order valence-electron chi connectivity index (χ3n) is 3.91. The van der Waals surface area contributed by atoms with Crippen molar-refractivity contribution in [2.24, 2.45) is 0 Å². The lowest BCUT2D eigenvalue weighted by atomic mass is 10.3. The third kappa shape index (κ3) is 3.40. The molecule has 1 aromatic carbocycles. The van der Waals surface area contributed by atoms with Gasteiger partial charge in [0.1, 0.15) is 0 Å². The standard InChI is InChI=1S/C15H22N6/c1-20-8-10-21(11-9-20)7-6-17-15-14(16)18-12-4-2-3-5-13(12)19-15/h2-5H,6-11H2,1H3,(H2,16,18)(H,17,19). The molecule has 0 unspecified atom stereocenters. The molecule has 21 heavy (non-hydrogen) atoms. The third-order valence-corrected chi connectivity index (χ3v) is 3.91. The fraction of sp³-hybridized carbons (Fsp3) is 0.467. The normalized spacial score (nSPS) is 17.2. The van der Waals surface area contributed by atoms with Gasteiger partial charge in [-0.05, 0) is 19.2 Å². The number of aromatic nitrogens is 2. The highest BCUT2D eigenvalue weighted by Crippen LogP contribution is 2.17. The van der Waals surface area contributed by atoms with Crippen molar-refractivity contribution < 1.29 is 0 Å². The van der Waals surface area contributed by atoms with Crippen LogP contribution >= 0.6 is 0 Å². The van der Waals surface area contributed by atoms with Gasteiger partial charge in [-0.2, -0.15) is 0 Å². The fourth-order valence-electron chi connectivity index (χ4n) is 2.55. The summed E-state index contributed by atoms with van der Waals surface area (Å²) in [5.74, 6) is 1.15. The number of nitrogens with two attached hydrogens (primary N) is 1. The van der Waals surface area contributed by atoms with Crippen molar-refractivity contribution in [1.29, 1.82) is 0 Å². The van der Waals surface area contributed by atoms with Crippen molar-refractivity contribution in [2.45, 2.75) is 0 Å². The van der Waals surface area contributed by atoms with Crippen molar-refractivity contribution in [3.63, 3.8) is 0 Å². The molecule has 0 amide bonds. The van der Waals surface area contributed by atoms with Crippen LogP contribution in [0, 0.1) is 0 Å². The second-order valence-corrected chi connectivity index (χ2v) is 5.52. The Morgan fingerprint density at radius 2 is 1.76 bits per heavy atom. The van der Waals surface area contributed by atoms with E-state index in [1.807, 2.05) is 24.3 Å². The summed E-state index contributed by atoms with van der Waals surface area (Å²) in [7, 11) is 2.17. The zero-order valence-corrected chi connectivity index (χ0v) is 12.4. The van der Waals surface area contributed by atoms with Crippen LogP contribution in [0.4, 0.5) is 11.6 Å². The molecular weight excluding hydrogens is 264 g/mol. The van der Waals surface area contributed by atoms with E-state index in [-0.39, 0.29) is 0 Å². The molecular formula is C15H22N6. The number of nitrogens with zero attached hydrogens (tertiary/aromatic N) is 4. The van der Waals surface area contributed by atoms with Crippen LogP contribution in [0.1, 0.15) is 0 Å². The lowest BCUT2D eigenvalue weighted by molar-refractivity contribution is 0.158. The smallest absolute Gasteiger partial charge is 0.169 e. The maximum atomic E-state index is 5.97. The first kappa shape index (κ1) is 14.0. The minimum atomic E-state index is 0.465. The fourth-order valence-corrected chi connectivity index (χ4v) is 2.55. The first-order valence-corrected chi connectivity index (χ1v) is 7.39. The first-order valence-electron chi connectivity index (χ1n) is 7.39. The Morgan fingerprint density at radius 3 is 2.48 bits per heavy atom. The van der Waals surface area contributed by atoms with E-state index in [0.29, 0.717) is 11.6 Å². The molecule has 1 aliphatic heterocycles. The Balaban J connectivity index is 1.59. The number of fused-ring (bicyclic) bond motifs is 1. The van der Waals surface area contributed by atoms with E-state index in [4.69, 9.17) is 5.73 Å². The van der Waals surface area contributed by atoms with Crippen LogP contribution in [0.5, 0.6) is 0 Å². The van der Waals surface area contributed by atoms with Crippen LogP contribution in [0.15, 0.2) is 24.3 Å². The molecule has 0 radical (unpaired) electrons. The minimum Gasteiger partial charge on any atom is -0.381 e. The number of nitrogens with one attached hydrogen (secondary N) is 1. The highest BCUT2D eigenvalue weighted by Gasteiger charge is 2.13. The molecule has 1 fully saturated rings. The largest absolute Gasteiger partial charge is 0.381 e. The number of hydrogen-bond acceptors (Lipinski definition) is 6. The summed E-state index contributed by atoms with van der Waals surface area (Å²) in [4.78, 5) is 13.7. The van der Waals surface area contributed by atoms with E-state index in [0.717, 1.165) is 50.3 Å². The summed E-state index contributed by atoms with van der Waals surface area (Å²) >= 11 is 0. The van der Waals surface area contributed by atoms with Gasteiger partial charge < -0.3 is 16.0 Å².